The second kappa shape index (κ2) is 7.13. The second-order valence-corrected chi connectivity index (χ2v) is 6.63. The first kappa shape index (κ1) is 16.1. The number of nitrogens with one attached hydrogen (secondary N) is 2. The molecule has 2 amide bonds. The molecule has 6 nitrogen and oxygen atoms in total. The highest BCUT2D eigenvalue weighted by Gasteiger charge is 2.16. The molecule has 0 aliphatic heterocycles. The van der Waals surface area contributed by atoms with E-state index in [2.05, 4.69) is 5.32 Å². The van der Waals surface area contributed by atoms with E-state index in [4.69, 9.17) is 0 Å². The third-order valence-corrected chi connectivity index (χ3v) is 4.45. The fourth-order valence-corrected chi connectivity index (χ4v) is 2.85. The zero-order valence-electron chi connectivity index (χ0n) is 12.3. The number of urea groups is 1. The Kier molecular flexibility index (Phi) is 5.21. The van der Waals surface area contributed by atoms with E-state index >= 15 is 0 Å². The van der Waals surface area contributed by atoms with Gasteiger partial charge in [-0.25, -0.2) is 17.9 Å². The van der Waals surface area contributed by atoms with Crippen LogP contribution in [0.5, 0.6) is 0 Å². The molecule has 7 heteroatoms. The fourth-order valence-electron chi connectivity index (χ4n) is 1.92. The van der Waals surface area contributed by atoms with Gasteiger partial charge in [0.05, 0.1) is 4.90 Å². The van der Waals surface area contributed by atoms with Gasteiger partial charge in [-0.3, -0.25) is 0 Å². The Labute approximate surface area is 130 Å². The van der Waals surface area contributed by atoms with Gasteiger partial charge in [0.1, 0.15) is 0 Å². The van der Waals surface area contributed by atoms with E-state index in [-0.39, 0.29) is 4.90 Å². The van der Waals surface area contributed by atoms with Crippen molar-refractivity contribution in [2.75, 3.05) is 6.54 Å². The lowest BCUT2D eigenvalue weighted by atomic mass is 10.2. The van der Waals surface area contributed by atoms with Crippen LogP contribution in [0, 0.1) is 6.92 Å². The van der Waals surface area contributed by atoms with Crippen molar-refractivity contribution in [3.63, 3.8) is 0 Å². The van der Waals surface area contributed by atoms with E-state index in [1.165, 1.54) is 12.1 Å². The summed E-state index contributed by atoms with van der Waals surface area (Å²) >= 11 is 0. The molecule has 0 bridgehead atoms. The maximum absolute atomic E-state index is 12.0. The van der Waals surface area contributed by atoms with Crippen molar-refractivity contribution >= 4 is 16.1 Å². The number of hydrogen-bond acceptors (Lipinski definition) is 3. The zero-order chi connectivity index (χ0) is 16.0. The van der Waals surface area contributed by atoms with Crippen molar-refractivity contribution in [3.8, 4) is 0 Å². The van der Waals surface area contributed by atoms with Gasteiger partial charge in [0.15, 0.2) is 0 Å². The van der Waals surface area contributed by atoms with E-state index in [1.807, 2.05) is 40.7 Å². The van der Waals surface area contributed by atoms with Crippen LogP contribution >= 0.6 is 0 Å². The lowest BCUT2D eigenvalue weighted by molar-refractivity contribution is 0.245. The van der Waals surface area contributed by atoms with Gasteiger partial charge >= 0.3 is 6.03 Å². The third kappa shape index (κ3) is 4.63. The van der Waals surface area contributed by atoms with Gasteiger partial charge in [0.25, 0.3) is 10.0 Å². The second-order valence-electron chi connectivity index (χ2n) is 4.95. The van der Waals surface area contributed by atoms with E-state index in [9.17, 15) is 13.2 Å². The average molecular weight is 321 g/mol. The Morgan fingerprint density at radius 1 is 1.14 bits per heavy atom. The summed E-state index contributed by atoms with van der Waals surface area (Å²) in [5.74, 6) is 0. The van der Waals surface area contributed by atoms with Crippen LogP contribution < -0.4 is 10.0 Å². The molecule has 0 saturated carbocycles. The van der Waals surface area contributed by atoms with Crippen molar-refractivity contribution in [1.82, 2.24) is 14.6 Å². The number of benzene rings is 1. The molecule has 0 atom stereocenters. The quantitative estimate of drug-likeness (QED) is 0.797. The van der Waals surface area contributed by atoms with Crippen LogP contribution in [0.2, 0.25) is 0 Å². The Bertz CT molecular complexity index is 707. The number of aromatic nitrogens is 1. The van der Waals surface area contributed by atoms with Crippen LogP contribution in [0.1, 0.15) is 12.0 Å². The molecule has 0 aliphatic carbocycles. The summed E-state index contributed by atoms with van der Waals surface area (Å²) in [4.78, 5) is 11.7. The van der Waals surface area contributed by atoms with E-state index < -0.39 is 16.1 Å². The first-order chi connectivity index (χ1) is 10.5. The molecule has 0 unspecified atom stereocenters. The van der Waals surface area contributed by atoms with Crippen molar-refractivity contribution < 1.29 is 13.2 Å². The highest BCUT2D eigenvalue weighted by atomic mass is 32.2. The number of aryl methyl sites for hydroxylation is 2. The Morgan fingerprint density at radius 3 is 2.41 bits per heavy atom. The van der Waals surface area contributed by atoms with Gasteiger partial charge in [0.2, 0.25) is 0 Å². The predicted octanol–water partition coefficient (Wildman–Crippen LogP) is 1.87. The molecular formula is C15H19N3O3S. The van der Waals surface area contributed by atoms with Crippen molar-refractivity contribution in [2.24, 2.45) is 0 Å². The zero-order valence-corrected chi connectivity index (χ0v) is 13.1. The molecule has 1 aromatic carbocycles. The Hall–Kier alpha value is -2.28. The first-order valence-corrected chi connectivity index (χ1v) is 8.44. The van der Waals surface area contributed by atoms with Crippen LogP contribution in [-0.4, -0.2) is 25.6 Å². The summed E-state index contributed by atoms with van der Waals surface area (Å²) in [5.41, 5.74) is 0.952. The Morgan fingerprint density at radius 2 is 1.77 bits per heavy atom. The molecular weight excluding hydrogens is 302 g/mol. The normalized spacial score (nSPS) is 11.1. The highest BCUT2D eigenvalue weighted by molar-refractivity contribution is 7.90. The number of rotatable bonds is 6. The van der Waals surface area contributed by atoms with Gasteiger partial charge in [-0.15, -0.1) is 0 Å². The summed E-state index contributed by atoms with van der Waals surface area (Å²) in [6.45, 7) is 3.02. The molecule has 118 valence electrons. The standard InChI is InChI=1S/C15H19N3O3S/c1-13-5-7-14(8-6-13)22(20,21)17-15(19)16-9-4-12-18-10-2-3-11-18/h2-3,5-8,10-11H,4,9,12H2,1H3,(H2,16,17,19). The van der Waals surface area contributed by atoms with Crippen LogP contribution in [0.4, 0.5) is 4.79 Å². The molecule has 1 aromatic heterocycles. The summed E-state index contributed by atoms with van der Waals surface area (Å²) in [5, 5.41) is 2.54. The van der Waals surface area contributed by atoms with Crippen molar-refractivity contribution in [1.29, 1.82) is 0 Å². The fraction of sp³-hybridized carbons (Fsp3) is 0.267. The van der Waals surface area contributed by atoms with Gasteiger partial charge in [-0.05, 0) is 37.6 Å². The minimum atomic E-state index is -3.82. The number of carbonyl (C=O) groups is 1. The van der Waals surface area contributed by atoms with Gasteiger partial charge < -0.3 is 9.88 Å². The van der Waals surface area contributed by atoms with Gasteiger partial charge in [0, 0.05) is 25.5 Å². The number of nitrogens with zero attached hydrogens (tertiary/aromatic N) is 1. The molecule has 1 heterocycles. The minimum Gasteiger partial charge on any atom is -0.354 e. The van der Waals surface area contributed by atoms with Crippen LogP contribution in [0.25, 0.3) is 0 Å². The van der Waals surface area contributed by atoms with E-state index in [0.29, 0.717) is 13.0 Å². The summed E-state index contributed by atoms with van der Waals surface area (Å²) < 4.78 is 28.0. The van der Waals surface area contributed by atoms with Gasteiger partial charge in [-0.2, -0.15) is 0 Å². The summed E-state index contributed by atoms with van der Waals surface area (Å²) in [7, 11) is -3.82. The Balaban J connectivity index is 1.79. The van der Waals surface area contributed by atoms with Crippen molar-refractivity contribution in [2.45, 2.75) is 24.8 Å². The molecule has 0 radical (unpaired) electrons. The molecule has 2 rings (SSSR count). The van der Waals surface area contributed by atoms with E-state index in [1.54, 1.807) is 12.1 Å². The number of carbonyl (C=O) groups excluding carboxylic acids is 1. The predicted molar refractivity (Wildman–Crippen MR) is 83.9 cm³/mol. The molecule has 22 heavy (non-hydrogen) atoms. The molecule has 0 aliphatic rings. The minimum absolute atomic E-state index is 0.0700. The number of amides is 2. The van der Waals surface area contributed by atoms with E-state index in [0.717, 1.165) is 12.1 Å². The SMILES string of the molecule is Cc1ccc(S(=O)(=O)NC(=O)NCCCn2cccc2)cc1. The molecule has 0 spiro atoms. The van der Waals surface area contributed by atoms with Crippen LogP contribution in [0.15, 0.2) is 53.7 Å². The largest absolute Gasteiger partial charge is 0.354 e. The third-order valence-electron chi connectivity index (χ3n) is 3.10. The average Bonchev–Trinajstić information content (AvgIpc) is 2.97. The summed E-state index contributed by atoms with van der Waals surface area (Å²) in [6, 6.07) is 9.44. The lowest BCUT2D eigenvalue weighted by Gasteiger charge is -2.09. The highest BCUT2D eigenvalue weighted by Crippen LogP contribution is 2.09. The summed E-state index contributed by atoms with van der Waals surface area (Å²) in [6.07, 6.45) is 4.58. The molecule has 0 saturated heterocycles. The smallest absolute Gasteiger partial charge is 0.328 e. The van der Waals surface area contributed by atoms with Gasteiger partial charge in [-0.1, -0.05) is 17.7 Å². The molecule has 0 fully saturated rings. The maximum Gasteiger partial charge on any atom is 0.328 e. The lowest BCUT2D eigenvalue weighted by Crippen LogP contribution is -2.39. The molecule has 2 aromatic rings. The number of hydrogen-bond donors (Lipinski definition) is 2. The maximum atomic E-state index is 12.0. The number of sulfonamides is 1. The molecule has 2 N–H and O–H groups in total. The van der Waals surface area contributed by atoms with Crippen LogP contribution in [0.3, 0.4) is 0 Å². The monoisotopic (exact) mass is 321 g/mol. The van der Waals surface area contributed by atoms with Crippen LogP contribution in [-0.2, 0) is 16.6 Å². The topological polar surface area (TPSA) is 80.2 Å². The van der Waals surface area contributed by atoms with Crippen molar-refractivity contribution in [3.05, 3.63) is 54.4 Å². The first-order valence-electron chi connectivity index (χ1n) is 6.95.